The second kappa shape index (κ2) is 9.18. The highest BCUT2D eigenvalue weighted by Crippen LogP contribution is 2.50. The molecule has 3 N–H and O–H groups in total. The van der Waals surface area contributed by atoms with Crippen LogP contribution in [0.1, 0.15) is 52.3 Å². The fraction of sp³-hybridized carbons (Fsp3) is 0.345. The minimum atomic E-state index is -0.204. The van der Waals surface area contributed by atoms with Gasteiger partial charge in [-0.2, -0.15) is 5.26 Å². The summed E-state index contributed by atoms with van der Waals surface area (Å²) in [6.07, 6.45) is 4.68. The summed E-state index contributed by atoms with van der Waals surface area (Å²) in [6.45, 7) is 3.33. The summed E-state index contributed by atoms with van der Waals surface area (Å²) >= 11 is 0. The van der Waals surface area contributed by atoms with Crippen LogP contribution in [0.2, 0.25) is 0 Å². The molecule has 1 fully saturated rings. The molecule has 0 amide bonds. The Labute approximate surface area is 210 Å². The molecule has 0 bridgehead atoms. The van der Waals surface area contributed by atoms with Crippen molar-refractivity contribution >= 4 is 5.95 Å². The highest BCUT2D eigenvalue weighted by molar-refractivity contribution is 5.53. The van der Waals surface area contributed by atoms with Crippen LogP contribution in [0.3, 0.4) is 0 Å². The van der Waals surface area contributed by atoms with Crippen molar-refractivity contribution in [2.45, 2.75) is 38.6 Å². The molecule has 1 aliphatic heterocycles. The highest BCUT2D eigenvalue weighted by Gasteiger charge is 2.46. The van der Waals surface area contributed by atoms with E-state index in [2.05, 4.69) is 46.0 Å². The number of anilines is 1. The Morgan fingerprint density at radius 2 is 1.97 bits per heavy atom. The van der Waals surface area contributed by atoms with E-state index in [4.69, 9.17) is 5.73 Å². The molecule has 1 atom stereocenters. The minimum absolute atomic E-state index is 0.0236. The quantitative estimate of drug-likeness (QED) is 0.547. The molecule has 0 saturated carbocycles. The smallest absolute Gasteiger partial charge is 0.270 e. The molecule has 2 aliphatic rings. The summed E-state index contributed by atoms with van der Waals surface area (Å²) in [6, 6.07) is 14.1. The third-order valence-corrected chi connectivity index (χ3v) is 7.86. The zero-order valence-electron chi connectivity index (χ0n) is 20.6. The molecule has 1 saturated heterocycles. The van der Waals surface area contributed by atoms with Gasteiger partial charge < -0.3 is 15.7 Å². The van der Waals surface area contributed by atoms with Crippen LogP contribution in [0.15, 0.2) is 47.4 Å². The van der Waals surface area contributed by atoms with Gasteiger partial charge in [0.15, 0.2) is 0 Å². The van der Waals surface area contributed by atoms with Crippen molar-refractivity contribution in [1.82, 2.24) is 9.55 Å². The lowest BCUT2D eigenvalue weighted by atomic mass is 9.73. The molecule has 3 aromatic rings. The van der Waals surface area contributed by atoms with Gasteiger partial charge >= 0.3 is 0 Å². The van der Waals surface area contributed by atoms with E-state index in [1.54, 1.807) is 30.7 Å². The van der Waals surface area contributed by atoms with E-state index in [1.165, 1.54) is 17.3 Å². The van der Waals surface area contributed by atoms with Gasteiger partial charge in [0.25, 0.3) is 5.56 Å². The van der Waals surface area contributed by atoms with Crippen molar-refractivity contribution in [1.29, 1.82) is 5.26 Å². The molecule has 7 heteroatoms. The Morgan fingerprint density at radius 3 is 2.69 bits per heavy atom. The number of nitriles is 1. The summed E-state index contributed by atoms with van der Waals surface area (Å²) in [5.74, 6) is 6.48. The number of hydrogen-bond donors (Lipinski definition) is 2. The van der Waals surface area contributed by atoms with Crippen LogP contribution in [-0.4, -0.2) is 27.7 Å². The Hall–Kier alpha value is -4.07. The maximum atomic E-state index is 13.0. The molecule has 7 nitrogen and oxygen atoms in total. The molecule has 2 aromatic carbocycles. The first-order chi connectivity index (χ1) is 17.3. The second-order valence-corrected chi connectivity index (χ2v) is 9.89. The van der Waals surface area contributed by atoms with E-state index in [9.17, 15) is 15.2 Å². The van der Waals surface area contributed by atoms with Crippen LogP contribution in [0.4, 0.5) is 5.95 Å². The lowest BCUT2D eigenvalue weighted by Crippen LogP contribution is -2.46. The monoisotopic (exact) mass is 479 g/mol. The van der Waals surface area contributed by atoms with Gasteiger partial charge in [-0.25, -0.2) is 4.98 Å². The third kappa shape index (κ3) is 3.92. The molecule has 1 spiro atoms. The average molecular weight is 480 g/mol. The van der Waals surface area contributed by atoms with Gasteiger partial charge in [0.2, 0.25) is 5.95 Å². The molecule has 0 radical (unpaired) electrons. The number of rotatable bonds is 2. The summed E-state index contributed by atoms with van der Waals surface area (Å²) in [5.41, 5.74) is 11.0. The number of aromatic hydroxyl groups is 1. The van der Waals surface area contributed by atoms with Crippen LogP contribution in [0, 0.1) is 35.5 Å². The Bertz CT molecular complexity index is 1500. The topological polar surface area (TPSA) is 108 Å². The predicted molar refractivity (Wildman–Crippen MR) is 139 cm³/mol. The lowest BCUT2D eigenvalue weighted by Gasteiger charge is -2.42. The van der Waals surface area contributed by atoms with E-state index in [0.717, 1.165) is 32.4 Å². The Kier molecular flexibility index (Phi) is 6.04. The maximum Gasteiger partial charge on any atom is 0.270 e. The molecule has 2 heterocycles. The van der Waals surface area contributed by atoms with Gasteiger partial charge in [-0.3, -0.25) is 9.36 Å². The SMILES string of the molecule is Cc1ccc(CC#Cc2cnc(N3CCC4(CC3)Cc3ccccc3[C@H]4N)n(C)c2=O)c(C#N)c1O. The van der Waals surface area contributed by atoms with E-state index in [0.29, 0.717) is 22.6 Å². The molecule has 5 rings (SSSR count). The number of hydrogen-bond acceptors (Lipinski definition) is 6. The molecule has 182 valence electrons. The van der Waals surface area contributed by atoms with Crippen molar-refractivity contribution in [3.63, 3.8) is 0 Å². The molecule has 36 heavy (non-hydrogen) atoms. The number of aryl methyl sites for hydroxylation is 1. The van der Waals surface area contributed by atoms with E-state index in [-0.39, 0.29) is 34.7 Å². The minimum Gasteiger partial charge on any atom is -0.506 e. The van der Waals surface area contributed by atoms with E-state index >= 15 is 0 Å². The van der Waals surface area contributed by atoms with Crippen molar-refractivity contribution in [2.75, 3.05) is 18.0 Å². The first kappa shape index (κ1) is 23.7. The Morgan fingerprint density at radius 1 is 1.22 bits per heavy atom. The Balaban J connectivity index is 1.31. The number of phenols is 1. The van der Waals surface area contributed by atoms with Crippen LogP contribution in [0.5, 0.6) is 5.75 Å². The van der Waals surface area contributed by atoms with Gasteiger partial charge in [-0.1, -0.05) is 48.2 Å². The van der Waals surface area contributed by atoms with Crippen LogP contribution in [0.25, 0.3) is 0 Å². The number of benzene rings is 2. The summed E-state index contributed by atoms with van der Waals surface area (Å²) in [5, 5.41) is 19.5. The van der Waals surface area contributed by atoms with Gasteiger partial charge in [0.05, 0.1) is 11.8 Å². The predicted octanol–water partition coefficient (Wildman–Crippen LogP) is 3.10. The fourth-order valence-corrected chi connectivity index (χ4v) is 5.62. The van der Waals surface area contributed by atoms with E-state index in [1.807, 2.05) is 6.07 Å². The first-order valence-electron chi connectivity index (χ1n) is 12.2. The van der Waals surface area contributed by atoms with Crippen LogP contribution >= 0.6 is 0 Å². The van der Waals surface area contributed by atoms with Gasteiger partial charge in [0, 0.05) is 32.6 Å². The normalized spacial score (nSPS) is 17.8. The van der Waals surface area contributed by atoms with Crippen molar-refractivity contribution in [2.24, 2.45) is 18.2 Å². The summed E-state index contributed by atoms with van der Waals surface area (Å²) in [7, 11) is 1.73. The zero-order valence-corrected chi connectivity index (χ0v) is 20.6. The molecule has 0 unspecified atom stereocenters. The lowest BCUT2D eigenvalue weighted by molar-refractivity contribution is 0.186. The number of phenolic OH excluding ortho intramolecular Hbond substituents is 1. The second-order valence-electron chi connectivity index (χ2n) is 9.89. The number of piperidine rings is 1. The largest absolute Gasteiger partial charge is 0.506 e. The van der Waals surface area contributed by atoms with Gasteiger partial charge in [0.1, 0.15) is 17.4 Å². The highest BCUT2D eigenvalue weighted by atomic mass is 16.3. The van der Waals surface area contributed by atoms with E-state index < -0.39 is 0 Å². The standard InChI is InChI=1S/C29H29N5O2/c1-19-10-11-20(24(17-30)25(19)35)7-5-8-22-18-32-28(33(2)27(22)36)34-14-12-29(13-15-34)16-21-6-3-4-9-23(21)26(29)31/h3-4,6,9-11,18,26,35H,7,12-16,31H2,1-2H3/t26-/m1/s1. The van der Waals surface area contributed by atoms with Crippen molar-refractivity contribution in [3.05, 3.63) is 86.3 Å². The number of fused-ring (bicyclic) bond motifs is 1. The first-order valence-corrected chi connectivity index (χ1v) is 12.2. The number of nitrogens with zero attached hydrogens (tertiary/aromatic N) is 4. The van der Waals surface area contributed by atoms with Crippen LogP contribution in [-0.2, 0) is 19.9 Å². The summed E-state index contributed by atoms with van der Waals surface area (Å²) < 4.78 is 1.56. The average Bonchev–Trinajstić information content (AvgIpc) is 3.16. The fourth-order valence-electron chi connectivity index (χ4n) is 5.62. The number of nitrogens with two attached hydrogens (primary N) is 1. The summed E-state index contributed by atoms with van der Waals surface area (Å²) in [4.78, 5) is 19.8. The molecular weight excluding hydrogens is 450 g/mol. The number of aromatic nitrogens is 2. The van der Waals surface area contributed by atoms with Gasteiger partial charge in [-0.15, -0.1) is 0 Å². The molecule has 1 aliphatic carbocycles. The third-order valence-electron chi connectivity index (χ3n) is 7.86. The maximum absolute atomic E-state index is 13.0. The molecular formula is C29H29N5O2. The van der Waals surface area contributed by atoms with Crippen molar-refractivity contribution in [3.8, 4) is 23.7 Å². The zero-order chi connectivity index (χ0) is 25.4. The van der Waals surface area contributed by atoms with Gasteiger partial charge in [-0.05, 0) is 53.9 Å². The molecule has 1 aromatic heterocycles. The van der Waals surface area contributed by atoms with Crippen molar-refractivity contribution < 1.29 is 5.11 Å². The van der Waals surface area contributed by atoms with Crippen LogP contribution < -0.4 is 16.2 Å².